The van der Waals surface area contributed by atoms with E-state index in [0.717, 1.165) is 0 Å². The predicted octanol–water partition coefficient (Wildman–Crippen LogP) is 13.6. The fraction of sp³-hybridized carbons (Fsp3) is 0.476. The molecule has 0 fully saturated rings. The second-order valence-electron chi connectivity index (χ2n) is 15.7. The molecule has 4 aromatic rings. The number of hydrogen-bond donors (Lipinski definition) is 0. The molecule has 240 valence electrons. The summed E-state index contributed by atoms with van der Waals surface area (Å²) < 4.78 is 2.92. The molecule has 0 aliphatic heterocycles. The molecule has 0 nitrogen and oxygen atoms in total. The van der Waals surface area contributed by atoms with Gasteiger partial charge in [-0.15, -0.1) is 33.8 Å². The molecular weight excluding hydrogens is 625 g/mol. The highest BCUT2D eigenvalue weighted by Gasteiger charge is 2.44. The second-order valence-corrected chi connectivity index (χ2v) is 29.0. The Labute approximate surface area is 289 Å². The van der Waals surface area contributed by atoms with Crippen LogP contribution in [-0.4, -0.2) is 16.1 Å². The van der Waals surface area contributed by atoms with Crippen LogP contribution in [0.4, 0.5) is 0 Å². The summed E-state index contributed by atoms with van der Waals surface area (Å²) in [5, 5.41) is 0. The molecule has 0 saturated carbocycles. The summed E-state index contributed by atoms with van der Waals surface area (Å²) in [6.07, 6.45) is 0. The van der Waals surface area contributed by atoms with Crippen LogP contribution >= 0.6 is 22.7 Å². The van der Waals surface area contributed by atoms with E-state index in [9.17, 15) is 0 Å². The van der Waals surface area contributed by atoms with E-state index in [1.54, 1.807) is 0 Å². The van der Waals surface area contributed by atoms with E-state index in [0.29, 0.717) is 33.2 Å². The van der Waals surface area contributed by atoms with Crippen molar-refractivity contribution in [3.63, 3.8) is 0 Å². The smallest absolute Gasteiger partial charge is 0.136 e. The minimum atomic E-state index is -1.85. The van der Waals surface area contributed by atoms with Crippen molar-refractivity contribution >= 4 is 48.2 Å². The van der Waals surface area contributed by atoms with Crippen molar-refractivity contribution in [1.82, 2.24) is 0 Å². The molecule has 0 N–H and O–H groups in total. The van der Waals surface area contributed by atoms with Crippen LogP contribution in [0.15, 0.2) is 48.5 Å². The van der Waals surface area contributed by atoms with Gasteiger partial charge in [0.15, 0.2) is 0 Å². The van der Waals surface area contributed by atoms with Gasteiger partial charge in [0.05, 0.1) is 21.2 Å². The highest BCUT2D eigenvalue weighted by Crippen LogP contribution is 2.61. The summed E-state index contributed by atoms with van der Waals surface area (Å²) in [7, 11) is -3.70. The number of fused-ring (bicyclic) bond motifs is 9. The van der Waals surface area contributed by atoms with Crippen LogP contribution in [0.25, 0.3) is 31.7 Å². The molecule has 4 heteroatoms. The summed E-state index contributed by atoms with van der Waals surface area (Å²) in [5.74, 6) is 8.33. The number of hydrogen-bond acceptors (Lipinski definition) is 2. The van der Waals surface area contributed by atoms with Crippen molar-refractivity contribution in [2.24, 2.45) is 0 Å². The molecule has 0 amide bonds. The van der Waals surface area contributed by atoms with Gasteiger partial charge in [0.1, 0.15) is 16.1 Å². The third-order valence-electron chi connectivity index (χ3n) is 11.8. The van der Waals surface area contributed by atoms with Gasteiger partial charge in [-0.2, -0.15) is 0 Å². The number of rotatable bonds is 6. The van der Waals surface area contributed by atoms with E-state index in [-0.39, 0.29) is 11.8 Å². The van der Waals surface area contributed by atoms with Crippen molar-refractivity contribution in [3.05, 3.63) is 69.4 Å². The van der Waals surface area contributed by atoms with Gasteiger partial charge in [0.25, 0.3) is 0 Å². The molecule has 2 atom stereocenters. The first-order valence-corrected chi connectivity index (χ1v) is 23.7. The van der Waals surface area contributed by atoms with Gasteiger partial charge in [-0.1, -0.05) is 143 Å². The molecule has 6 rings (SSSR count). The predicted molar refractivity (Wildman–Crippen MR) is 212 cm³/mol. The number of benzene rings is 2. The van der Waals surface area contributed by atoms with Gasteiger partial charge < -0.3 is 0 Å². The molecule has 2 aliphatic rings. The Balaban J connectivity index is 1.56. The Morgan fingerprint density at radius 1 is 0.478 bits per heavy atom. The largest absolute Gasteiger partial charge is 0.146 e. The average molecular weight is 677 g/mol. The lowest BCUT2D eigenvalue weighted by molar-refractivity contribution is 0.837. The van der Waals surface area contributed by atoms with Crippen LogP contribution in [0, 0.1) is 22.9 Å². The summed E-state index contributed by atoms with van der Waals surface area (Å²) >= 11 is 4.05. The minimum Gasteiger partial charge on any atom is -0.136 e. The van der Waals surface area contributed by atoms with Crippen LogP contribution in [0.5, 0.6) is 0 Å². The van der Waals surface area contributed by atoms with E-state index in [4.69, 9.17) is 0 Å². The minimum absolute atomic E-state index is 0.163. The SMILES string of the molecule is CC(C)[Si](C#CC1c2ccccc2-c2c1sc1c3c(sc21)C(C#C[Si](C(C)C)(C(C)C)C(C)C)c1ccccc1-3)(C(C)C)C(C)C. The van der Waals surface area contributed by atoms with Crippen molar-refractivity contribution in [3.8, 4) is 45.2 Å². The molecular formula is C42H52S2Si2. The highest BCUT2D eigenvalue weighted by molar-refractivity contribution is 7.30. The Kier molecular flexibility index (Phi) is 8.95. The Bertz CT molecular complexity index is 1720. The maximum absolute atomic E-state index is 4.11. The van der Waals surface area contributed by atoms with E-state index >= 15 is 0 Å². The summed E-state index contributed by atoms with van der Waals surface area (Å²) in [6.45, 7) is 29.1. The molecule has 46 heavy (non-hydrogen) atoms. The van der Waals surface area contributed by atoms with Crippen LogP contribution in [0.1, 0.15) is 116 Å². The molecule has 0 radical (unpaired) electrons. The first-order valence-electron chi connectivity index (χ1n) is 17.6. The highest BCUT2D eigenvalue weighted by atomic mass is 32.1. The van der Waals surface area contributed by atoms with Crippen LogP contribution in [0.3, 0.4) is 0 Å². The molecule has 2 aromatic carbocycles. The third-order valence-corrected chi connectivity index (χ3v) is 27.1. The van der Waals surface area contributed by atoms with Crippen LogP contribution < -0.4 is 0 Å². The molecule has 2 aliphatic carbocycles. The molecule has 2 aromatic heterocycles. The van der Waals surface area contributed by atoms with Crippen LogP contribution in [0.2, 0.25) is 33.2 Å². The van der Waals surface area contributed by atoms with E-state index in [1.165, 1.54) is 52.5 Å². The lowest BCUT2D eigenvalue weighted by Gasteiger charge is -2.38. The maximum Gasteiger partial charge on any atom is 0.146 e. The summed E-state index contributed by atoms with van der Waals surface area (Å²) in [6, 6.07) is 18.2. The van der Waals surface area contributed by atoms with Gasteiger partial charge in [0, 0.05) is 20.9 Å². The summed E-state index contributed by atoms with van der Waals surface area (Å²) in [5.41, 5.74) is 20.5. The maximum atomic E-state index is 4.11. The Morgan fingerprint density at radius 3 is 1.09 bits per heavy atom. The lowest BCUT2D eigenvalue weighted by atomic mass is 10.0. The molecule has 2 unspecified atom stereocenters. The summed E-state index contributed by atoms with van der Waals surface area (Å²) in [4.78, 5) is 2.93. The molecule has 0 saturated heterocycles. The van der Waals surface area contributed by atoms with E-state index in [1.807, 2.05) is 22.7 Å². The zero-order valence-corrected chi connectivity index (χ0v) is 33.7. The van der Waals surface area contributed by atoms with Gasteiger partial charge in [-0.3, -0.25) is 0 Å². The van der Waals surface area contributed by atoms with Gasteiger partial charge >= 0.3 is 0 Å². The average Bonchev–Trinajstić information content (AvgIpc) is 3.69. The topological polar surface area (TPSA) is 0 Å². The lowest BCUT2D eigenvalue weighted by Crippen LogP contribution is -2.43. The fourth-order valence-corrected chi connectivity index (χ4v) is 23.3. The Morgan fingerprint density at radius 2 is 0.783 bits per heavy atom. The quantitative estimate of drug-likeness (QED) is 0.141. The zero-order valence-electron chi connectivity index (χ0n) is 30.1. The molecule has 0 spiro atoms. The Hall–Kier alpha value is -2.35. The second kappa shape index (κ2) is 12.3. The van der Waals surface area contributed by atoms with E-state index < -0.39 is 16.1 Å². The third kappa shape index (κ3) is 4.81. The van der Waals surface area contributed by atoms with Gasteiger partial charge in [0.2, 0.25) is 0 Å². The molecule has 0 bridgehead atoms. The number of thiophene rings is 2. The normalized spacial score (nSPS) is 17.1. The van der Waals surface area contributed by atoms with Crippen molar-refractivity contribution in [2.75, 3.05) is 0 Å². The van der Waals surface area contributed by atoms with Crippen molar-refractivity contribution in [1.29, 1.82) is 0 Å². The zero-order chi connectivity index (χ0) is 33.3. The van der Waals surface area contributed by atoms with Crippen LogP contribution in [-0.2, 0) is 0 Å². The standard InChI is InChI=1S/C42H52S2Si2/c1-25(2)45(26(3)4,27(5)6)23-21-35-31-17-13-15-19-33(31)37-39(35)43-42-38-34-20-16-14-18-32(34)36(40(38)44-41(37)42)22-24-46(28(7)8,29(9)10)30(11)12/h13-20,25-30,35-36H,1-12H3. The monoisotopic (exact) mass is 676 g/mol. The van der Waals surface area contributed by atoms with E-state index in [2.05, 4.69) is 155 Å². The fourth-order valence-electron chi connectivity index (χ4n) is 9.67. The first-order chi connectivity index (χ1) is 21.8. The first kappa shape index (κ1) is 33.6. The van der Waals surface area contributed by atoms with Gasteiger partial charge in [-0.25, -0.2) is 0 Å². The van der Waals surface area contributed by atoms with Crippen molar-refractivity contribution < 1.29 is 0 Å². The van der Waals surface area contributed by atoms with Gasteiger partial charge in [-0.05, 0) is 55.5 Å². The van der Waals surface area contributed by atoms with Crippen molar-refractivity contribution in [2.45, 2.75) is 128 Å². The molecule has 2 heterocycles.